The lowest BCUT2D eigenvalue weighted by atomic mass is 9.69. The Morgan fingerprint density at radius 3 is 2.32 bits per heavy atom. The molecule has 0 radical (unpaired) electrons. The molecule has 0 unspecified atom stereocenters. The van der Waals surface area contributed by atoms with Crippen molar-refractivity contribution in [3.8, 4) is 0 Å². The van der Waals surface area contributed by atoms with E-state index in [2.05, 4.69) is 36.4 Å². The highest BCUT2D eigenvalue weighted by atomic mass is 16.2. The molecule has 1 fully saturated rings. The van der Waals surface area contributed by atoms with E-state index in [0.29, 0.717) is 25.7 Å². The van der Waals surface area contributed by atoms with Gasteiger partial charge in [-0.1, -0.05) is 48.6 Å². The summed E-state index contributed by atoms with van der Waals surface area (Å²) in [5, 5.41) is 0. The average molecular weight is 331 g/mol. The third kappa shape index (κ3) is 2.60. The molecule has 126 valence electrons. The maximum atomic E-state index is 12.9. The van der Waals surface area contributed by atoms with Crippen LogP contribution in [0.2, 0.25) is 0 Å². The second-order valence-electron chi connectivity index (χ2n) is 7.01. The zero-order chi connectivity index (χ0) is 17.4. The van der Waals surface area contributed by atoms with Gasteiger partial charge in [-0.3, -0.25) is 9.59 Å². The van der Waals surface area contributed by atoms with Gasteiger partial charge in [0.05, 0.1) is 5.41 Å². The summed E-state index contributed by atoms with van der Waals surface area (Å²) in [6.07, 6.45) is 6.44. The van der Waals surface area contributed by atoms with Gasteiger partial charge in [-0.05, 0) is 41.7 Å². The van der Waals surface area contributed by atoms with E-state index in [1.807, 2.05) is 31.3 Å². The number of benzene rings is 2. The molecular formula is C22H21NO2. The number of fused-ring (bicyclic) bond motifs is 2. The molecule has 2 aromatic carbocycles. The Bertz CT molecular complexity index is 857. The zero-order valence-electron chi connectivity index (χ0n) is 14.4. The molecule has 3 heteroatoms. The minimum atomic E-state index is -0.505. The molecule has 3 nitrogen and oxygen atoms in total. The number of ketones is 1. The molecule has 0 bridgehead atoms. The van der Waals surface area contributed by atoms with Gasteiger partial charge in [-0.25, -0.2) is 0 Å². The molecule has 0 saturated heterocycles. The third-order valence-electron chi connectivity index (χ3n) is 5.54. The number of Topliss-reactive ketones (excluding diaryl/α,β-unsaturated/α-hetero) is 1. The number of likely N-dealkylation sites (N-methyl/N-ethyl adjacent to an activating group) is 1. The fourth-order valence-electron chi connectivity index (χ4n) is 4.07. The summed E-state index contributed by atoms with van der Waals surface area (Å²) in [4.78, 5) is 26.4. The summed E-state index contributed by atoms with van der Waals surface area (Å²) in [5.41, 5.74) is 3.80. The summed E-state index contributed by atoms with van der Waals surface area (Å²) < 4.78 is 0. The summed E-state index contributed by atoms with van der Waals surface area (Å²) in [6.45, 7) is 0. The first kappa shape index (κ1) is 15.8. The lowest BCUT2D eigenvalue weighted by Gasteiger charge is -2.31. The van der Waals surface area contributed by atoms with E-state index in [1.54, 1.807) is 4.90 Å². The van der Waals surface area contributed by atoms with Crippen LogP contribution in [0.4, 0.5) is 5.69 Å². The Morgan fingerprint density at radius 1 is 0.920 bits per heavy atom. The fraction of sp³-hybridized carbons (Fsp3) is 0.273. The van der Waals surface area contributed by atoms with Crippen LogP contribution in [0, 0.1) is 0 Å². The predicted octanol–water partition coefficient (Wildman–Crippen LogP) is 4.21. The van der Waals surface area contributed by atoms with Gasteiger partial charge >= 0.3 is 0 Å². The zero-order valence-corrected chi connectivity index (χ0v) is 14.4. The maximum Gasteiger partial charge on any atom is 0.237 e. The highest BCUT2D eigenvalue weighted by molar-refractivity contribution is 6.09. The van der Waals surface area contributed by atoms with Crippen LogP contribution in [0.15, 0.2) is 48.5 Å². The van der Waals surface area contributed by atoms with E-state index in [4.69, 9.17) is 0 Å². The summed E-state index contributed by atoms with van der Waals surface area (Å²) in [6, 6.07) is 16.4. The average Bonchev–Trinajstić information content (AvgIpc) is 2.85. The van der Waals surface area contributed by atoms with Crippen LogP contribution >= 0.6 is 0 Å². The molecule has 0 aromatic heterocycles. The largest absolute Gasteiger partial charge is 0.314 e. The number of anilines is 1. The molecule has 1 amide bonds. The second kappa shape index (κ2) is 5.99. The Morgan fingerprint density at radius 2 is 1.60 bits per heavy atom. The molecule has 1 heterocycles. The Kier molecular flexibility index (Phi) is 3.79. The monoisotopic (exact) mass is 331 g/mol. The minimum absolute atomic E-state index is 0.138. The van der Waals surface area contributed by atoms with Gasteiger partial charge in [0.25, 0.3) is 0 Å². The lowest BCUT2D eigenvalue weighted by Crippen LogP contribution is -2.41. The van der Waals surface area contributed by atoms with Crippen LogP contribution in [0.5, 0.6) is 0 Å². The highest BCUT2D eigenvalue weighted by Gasteiger charge is 2.50. The smallest absolute Gasteiger partial charge is 0.237 e. The van der Waals surface area contributed by atoms with Crippen molar-refractivity contribution in [2.24, 2.45) is 0 Å². The van der Waals surface area contributed by atoms with Crippen LogP contribution in [0.1, 0.15) is 42.4 Å². The van der Waals surface area contributed by atoms with E-state index >= 15 is 0 Å². The standard InChI is InChI=1S/C22H21NO2/c1-23-20-10-9-17(8-7-16-5-3-2-4-6-16)15-19(20)22(21(23)25)13-11-18(24)12-14-22/h2-10,15H,11-14H2,1H3/b8-7+. The van der Waals surface area contributed by atoms with Crippen molar-refractivity contribution in [2.75, 3.05) is 11.9 Å². The van der Waals surface area contributed by atoms with Crippen LogP contribution in [0.3, 0.4) is 0 Å². The fourth-order valence-corrected chi connectivity index (χ4v) is 4.07. The van der Waals surface area contributed by atoms with Crippen LogP contribution in [-0.2, 0) is 15.0 Å². The van der Waals surface area contributed by atoms with Crippen molar-refractivity contribution < 1.29 is 9.59 Å². The van der Waals surface area contributed by atoms with E-state index in [0.717, 1.165) is 22.4 Å². The predicted molar refractivity (Wildman–Crippen MR) is 100 cm³/mol. The molecule has 0 N–H and O–H groups in total. The number of carbonyl (C=O) groups excluding carboxylic acids is 2. The van der Waals surface area contributed by atoms with E-state index in [1.165, 1.54) is 0 Å². The first-order valence-electron chi connectivity index (χ1n) is 8.78. The topological polar surface area (TPSA) is 37.4 Å². The van der Waals surface area contributed by atoms with Crippen molar-refractivity contribution in [3.63, 3.8) is 0 Å². The van der Waals surface area contributed by atoms with Gasteiger partial charge in [0, 0.05) is 25.6 Å². The molecular weight excluding hydrogens is 310 g/mol. The van der Waals surface area contributed by atoms with Crippen molar-refractivity contribution in [3.05, 3.63) is 65.2 Å². The van der Waals surface area contributed by atoms with Crippen molar-refractivity contribution in [1.29, 1.82) is 0 Å². The van der Waals surface area contributed by atoms with E-state index in [9.17, 15) is 9.59 Å². The number of amides is 1. The molecule has 2 aromatic rings. The molecule has 1 aliphatic carbocycles. The van der Waals surface area contributed by atoms with Crippen molar-refractivity contribution >= 4 is 29.5 Å². The number of rotatable bonds is 2. The Balaban J connectivity index is 1.72. The number of nitrogens with zero attached hydrogens (tertiary/aromatic N) is 1. The molecule has 25 heavy (non-hydrogen) atoms. The van der Waals surface area contributed by atoms with Gasteiger partial charge in [0.1, 0.15) is 5.78 Å². The van der Waals surface area contributed by atoms with Crippen LogP contribution < -0.4 is 4.90 Å². The van der Waals surface area contributed by atoms with Gasteiger partial charge in [0.2, 0.25) is 5.91 Å². The Labute approximate surface area is 148 Å². The quantitative estimate of drug-likeness (QED) is 0.773. The van der Waals surface area contributed by atoms with Crippen LogP contribution in [0.25, 0.3) is 12.2 Å². The molecule has 1 aliphatic heterocycles. The maximum absolute atomic E-state index is 12.9. The van der Waals surface area contributed by atoms with E-state index < -0.39 is 5.41 Å². The highest BCUT2D eigenvalue weighted by Crippen LogP contribution is 2.49. The van der Waals surface area contributed by atoms with Crippen molar-refractivity contribution in [2.45, 2.75) is 31.1 Å². The number of carbonyl (C=O) groups is 2. The normalized spacial score (nSPS) is 19.0. The minimum Gasteiger partial charge on any atom is -0.314 e. The number of hydrogen-bond acceptors (Lipinski definition) is 2. The second-order valence-corrected chi connectivity index (χ2v) is 7.01. The number of hydrogen-bond donors (Lipinski definition) is 0. The van der Waals surface area contributed by atoms with Gasteiger partial charge in [-0.2, -0.15) is 0 Å². The van der Waals surface area contributed by atoms with Crippen molar-refractivity contribution in [1.82, 2.24) is 0 Å². The molecule has 1 spiro atoms. The molecule has 4 rings (SSSR count). The third-order valence-corrected chi connectivity index (χ3v) is 5.54. The lowest BCUT2D eigenvalue weighted by molar-refractivity contribution is -0.127. The van der Waals surface area contributed by atoms with Gasteiger partial charge in [-0.15, -0.1) is 0 Å². The Hall–Kier alpha value is -2.68. The molecule has 1 saturated carbocycles. The van der Waals surface area contributed by atoms with Gasteiger partial charge in [0.15, 0.2) is 0 Å². The molecule has 0 atom stereocenters. The summed E-state index contributed by atoms with van der Waals surface area (Å²) in [7, 11) is 1.84. The SMILES string of the molecule is CN1C(=O)C2(CCC(=O)CC2)c2cc(/C=C/c3ccccc3)ccc21. The van der Waals surface area contributed by atoms with Gasteiger partial charge < -0.3 is 4.90 Å². The first-order chi connectivity index (χ1) is 12.1. The molecule has 2 aliphatic rings. The summed E-state index contributed by atoms with van der Waals surface area (Å²) in [5.74, 6) is 0.411. The summed E-state index contributed by atoms with van der Waals surface area (Å²) >= 11 is 0. The van der Waals surface area contributed by atoms with E-state index in [-0.39, 0.29) is 11.7 Å². The first-order valence-corrected chi connectivity index (χ1v) is 8.78. The van der Waals surface area contributed by atoms with Crippen LogP contribution in [-0.4, -0.2) is 18.7 Å².